The van der Waals surface area contributed by atoms with Gasteiger partial charge >= 0.3 is 6.18 Å². The molecule has 1 aliphatic heterocycles. The lowest BCUT2D eigenvalue weighted by Crippen LogP contribution is -2.55. The van der Waals surface area contributed by atoms with Gasteiger partial charge in [-0.05, 0) is 50.7 Å². The summed E-state index contributed by atoms with van der Waals surface area (Å²) >= 11 is 0. The molecule has 0 saturated carbocycles. The quantitative estimate of drug-likeness (QED) is 0.313. The smallest absolute Gasteiger partial charge is 0.367 e. The van der Waals surface area contributed by atoms with Crippen LogP contribution in [-0.2, 0) is 6.18 Å². The molecule has 0 spiro atoms. The maximum absolute atomic E-state index is 15.2. The monoisotopic (exact) mass is 588 g/mol. The molecule has 224 valence electrons. The van der Waals surface area contributed by atoms with Crippen molar-refractivity contribution in [3.05, 3.63) is 81.5 Å². The van der Waals surface area contributed by atoms with E-state index in [4.69, 9.17) is 5.73 Å². The van der Waals surface area contributed by atoms with Crippen LogP contribution in [0.2, 0.25) is 0 Å². The third-order valence-electron chi connectivity index (χ3n) is 7.39. The van der Waals surface area contributed by atoms with Crippen molar-refractivity contribution in [1.82, 2.24) is 15.2 Å². The van der Waals surface area contributed by atoms with Gasteiger partial charge in [0.05, 0.1) is 22.5 Å². The number of nitrogens with one attached hydrogen (secondary N) is 3. The molecule has 9 nitrogen and oxygen atoms in total. The van der Waals surface area contributed by atoms with Crippen molar-refractivity contribution in [3.8, 4) is 11.1 Å². The van der Waals surface area contributed by atoms with Crippen LogP contribution >= 0.6 is 0 Å². The van der Waals surface area contributed by atoms with Crippen molar-refractivity contribution >= 4 is 23.2 Å². The van der Waals surface area contributed by atoms with E-state index in [2.05, 4.69) is 20.5 Å². The lowest BCUT2D eigenvalue weighted by molar-refractivity contribution is -0.138. The van der Waals surface area contributed by atoms with Crippen molar-refractivity contribution in [2.24, 2.45) is 5.73 Å². The summed E-state index contributed by atoms with van der Waals surface area (Å²) in [5, 5.41) is 5.13. The average molecular weight is 589 g/mol. The van der Waals surface area contributed by atoms with Crippen molar-refractivity contribution < 1.29 is 27.2 Å². The highest BCUT2D eigenvalue weighted by Gasteiger charge is 2.36. The molecule has 2 atom stereocenters. The number of anilines is 2. The predicted octanol–water partition coefficient (Wildman–Crippen LogP) is 3.67. The molecule has 4 rings (SSSR count). The Hall–Kier alpha value is -4.23. The van der Waals surface area contributed by atoms with E-state index in [1.807, 2.05) is 25.8 Å². The summed E-state index contributed by atoms with van der Waals surface area (Å²) in [5.74, 6) is -2.30. The summed E-state index contributed by atoms with van der Waals surface area (Å²) in [5.41, 5.74) is 3.48. The number of rotatable bonds is 7. The number of aromatic amines is 1. The van der Waals surface area contributed by atoms with Crippen LogP contribution < -0.4 is 26.8 Å². The molecule has 13 heteroatoms. The first-order valence-electron chi connectivity index (χ1n) is 13.3. The Labute approximate surface area is 239 Å². The zero-order chi connectivity index (χ0) is 30.8. The van der Waals surface area contributed by atoms with E-state index >= 15 is 4.39 Å². The fourth-order valence-electron chi connectivity index (χ4n) is 4.94. The van der Waals surface area contributed by atoms with Crippen molar-refractivity contribution in [2.75, 3.05) is 43.4 Å². The van der Waals surface area contributed by atoms with Crippen molar-refractivity contribution in [1.29, 1.82) is 0 Å². The van der Waals surface area contributed by atoms with E-state index in [1.165, 1.54) is 18.2 Å². The van der Waals surface area contributed by atoms with Gasteiger partial charge in [0.15, 0.2) is 0 Å². The van der Waals surface area contributed by atoms with Gasteiger partial charge in [-0.25, -0.2) is 4.39 Å². The molecule has 0 unspecified atom stereocenters. The lowest BCUT2D eigenvalue weighted by Gasteiger charge is -2.44. The maximum atomic E-state index is 15.2. The zero-order valence-corrected chi connectivity index (χ0v) is 23.3. The Kier molecular flexibility index (Phi) is 9.02. The number of H-pyrrole nitrogens is 1. The van der Waals surface area contributed by atoms with E-state index < -0.39 is 40.5 Å². The van der Waals surface area contributed by atoms with Crippen LogP contribution in [0, 0.1) is 5.82 Å². The predicted molar refractivity (Wildman–Crippen MR) is 152 cm³/mol. The number of nitrogens with two attached hydrogens (primary N) is 1. The molecule has 2 aromatic carbocycles. The number of amides is 2. The lowest BCUT2D eigenvalue weighted by atomic mass is 10.00. The van der Waals surface area contributed by atoms with E-state index in [0.717, 1.165) is 12.3 Å². The summed E-state index contributed by atoms with van der Waals surface area (Å²) in [6.45, 7) is 5.65. The molecule has 2 amide bonds. The number of halogens is 4. The standard InChI is InChI=1S/C29H32F4N6O3/c1-16-14-39(15-17(2)38(16)3)25-7-5-18(20-6-4-19(10-23(20)30)27(41)35-9-8-34)11-24(25)37-28(42)21-13-36-26(40)12-22(21)29(31,32)33/h4-7,10-13,16-17H,8-9,14-15,34H2,1-3H3,(H,35,41)(H,36,40)(H,37,42)/t16-,17+. The second-order valence-corrected chi connectivity index (χ2v) is 10.3. The summed E-state index contributed by atoms with van der Waals surface area (Å²) in [6, 6.07) is 9.32. The molecular weight excluding hydrogens is 556 g/mol. The van der Waals surface area contributed by atoms with E-state index in [9.17, 15) is 27.6 Å². The maximum Gasteiger partial charge on any atom is 0.417 e. The van der Waals surface area contributed by atoms with E-state index in [1.54, 1.807) is 12.1 Å². The van der Waals surface area contributed by atoms with Gasteiger partial charge in [0.1, 0.15) is 5.82 Å². The fourth-order valence-corrected chi connectivity index (χ4v) is 4.94. The molecule has 42 heavy (non-hydrogen) atoms. The fraction of sp³-hybridized carbons (Fsp3) is 0.345. The van der Waals surface area contributed by atoms with Crippen LogP contribution in [0.25, 0.3) is 11.1 Å². The largest absolute Gasteiger partial charge is 0.417 e. The number of likely N-dealkylation sites (N-methyl/N-ethyl adjacent to an activating group) is 1. The minimum absolute atomic E-state index is 0.0907. The number of hydrogen-bond donors (Lipinski definition) is 4. The number of pyridine rings is 1. The van der Waals surface area contributed by atoms with Gasteiger partial charge < -0.3 is 26.3 Å². The van der Waals surface area contributed by atoms with Crippen molar-refractivity contribution in [3.63, 3.8) is 0 Å². The minimum atomic E-state index is -4.95. The van der Waals surface area contributed by atoms with Gasteiger partial charge in [-0.15, -0.1) is 0 Å². The Morgan fingerprint density at radius 3 is 2.36 bits per heavy atom. The van der Waals surface area contributed by atoms with Gasteiger partial charge in [-0.2, -0.15) is 13.2 Å². The second kappa shape index (κ2) is 12.3. The molecule has 0 aliphatic carbocycles. The van der Waals surface area contributed by atoms with E-state index in [0.29, 0.717) is 30.4 Å². The number of nitrogens with zero attached hydrogens (tertiary/aromatic N) is 2. The summed E-state index contributed by atoms with van der Waals surface area (Å²) in [7, 11) is 2.00. The second-order valence-electron chi connectivity index (χ2n) is 10.3. The number of carbonyl (C=O) groups is 2. The molecule has 2 heterocycles. The van der Waals surface area contributed by atoms with Crippen LogP contribution in [0.3, 0.4) is 0 Å². The number of carbonyl (C=O) groups excluding carboxylic acids is 2. The Morgan fingerprint density at radius 2 is 1.74 bits per heavy atom. The Balaban J connectivity index is 1.76. The molecule has 1 fully saturated rings. The molecule has 0 bridgehead atoms. The molecule has 1 aromatic heterocycles. The summed E-state index contributed by atoms with van der Waals surface area (Å²) in [6.07, 6.45) is -4.23. The highest BCUT2D eigenvalue weighted by atomic mass is 19.4. The highest BCUT2D eigenvalue weighted by molar-refractivity contribution is 6.07. The number of piperazine rings is 1. The molecule has 1 saturated heterocycles. The molecule has 0 radical (unpaired) electrons. The number of aromatic nitrogens is 1. The Morgan fingerprint density at radius 1 is 1.05 bits per heavy atom. The van der Waals surface area contributed by atoms with Crippen LogP contribution in [0.1, 0.15) is 40.1 Å². The zero-order valence-electron chi connectivity index (χ0n) is 23.3. The van der Waals surface area contributed by atoms with Gasteiger partial charge in [-0.3, -0.25) is 19.3 Å². The van der Waals surface area contributed by atoms with Crippen LogP contribution in [0.5, 0.6) is 0 Å². The summed E-state index contributed by atoms with van der Waals surface area (Å²) < 4.78 is 56.3. The first-order chi connectivity index (χ1) is 19.8. The SMILES string of the molecule is C[C@@H]1CN(c2ccc(-c3ccc(C(=O)NCCN)cc3F)cc2NC(=O)c2c[nH]c(=O)cc2C(F)(F)F)C[C@H](C)N1C. The number of benzene rings is 2. The Bertz CT molecular complexity index is 1530. The first-order valence-corrected chi connectivity index (χ1v) is 13.3. The van der Waals surface area contributed by atoms with E-state index in [-0.39, 0.29) is 42.0 Å². The first kappa shape index (κ1) is 30.7. The average Bonchev–Trinajstić information content (AvgIpc) is 2.93. The molecule has 1 aliphatic rings. The van der Waals surface area contributed by atoms with Crippen LogP contribution in [0.4, 0.5) is 28.9 Å². The molecular formula is C29H32F4N6O3. The number of alkyl halides is 3. The highest BCUT2D eigenvalue weighted by Crippen LogP contribution is 2.36. The number of hydrogen-bond acceptors (Lipinski definition) is 6. The van der Waals surface area contributed by atoms with Crippen LogP contribution in [0.15, 0.2) is 53.5 Å². The topological polar surface area (TPSA) is 124 Å². The van der Waals surface area contributed by atoms with Gasteiger partial charge in [0.2, 0.25) is 5.56 Å². The van der Waals surface area contributed by atoms with Gasteiger partial charge in [0, 0.05) is 61.7 Å². The molecule has 5 N–H and O–H groups in total. The van der Waals surface area contributed by atoms with Gasteiger partial charge in [0.25, 0.3) is 11.8 Å². The normalized spacial score (nSPS) is 17.7. The third kappa shape index (κ3) is 6.63. The minimum Gasteiger partial charge on any atom is -0.367 e. The van der Waals surface area contributed by atoms with Crippen molar-refractivity contribution in [2.45, 2.75) is 32.1 Å². The van der Waals surface area contributed by atoms with Gasteiger partial charge in [-0.1, -0.05) is 12.1 Å². The summed E-state index contributed by atoms with van der Waals surface area (Å²) in [4.78, 5) is 43.4. The van der Waals surface area contributed by atoms with Crippen LogP contribution in [-0.4, -0.2) is 67.0 Å². The molecule has 3 aromatic rings. The third-order valence-corrected chi connectivity index (χ3v) is 7.39.